The molecule has 0 spiro atoms. The predicted octanol–water partition coefficient (Wildman–Crippen LogP) is 6.49. The Morgan fingerprint density at radius 2 is 1.50 bits per heavy atom. The molecule has 0 N–H and O–H groups in total. The van der Waals surface area contributed by atoms with Gasteiger partial charge in [0.2, 0.25) is 0 Å². The fraction of sp³-hybridized carbons (Fsp3) is 0.556. The molecule has 0 amide bonds. The van der Waals surface area contributed by atoms with Crippen molar-refractivity contribution in [3.63, 3.8) is 0 Å². The molecule has 24 heavy (non-hydrogen) atoms. The minimum atomic E-state index is -3.79. The van der Waals surface area contributed by atoms with Gasteiger partial charge in [0.25, 0.3) is 5.92 Å². The highest BCUT2D eigenvalue weighted by molar-refractivity contribution is 5.32. The fourth-order valence-corrected chi connectivity index (χ4v) is 3.92. The van der Waals surface area contributed by atoms with E-state index in [1.807, 2.05) is 0 Å². The van der Waals surface area contributed by atoms with Crippen LogP contribution in [0.15, 0.2) is 23.8 Å². The van der Waals surface area contributed by atoms with Crippen LogP contribution in [0.25, 0.3) is 0 Å². The summed E-state index contributed by atoms with van der Waals surface area (Å²) in [5.74, 6) is -8.87. The van der Waals surface area contributed by atoms with E-state index in [0.717, 1.165) is 12.1 Å². The minimum absolute atomic E-state index is 0.0777. The summed E-state index contributed by atoms with van der Waals surface area (Å²) in [6.07, 6.45) is -0.364. The number of allylic oxidation sites excluding steroid dienone is 2. The van der Waals surface area contributed by atoms with Gasteiger partial charge >= 0.3 is 0 Å². The van der Waals surface area contributed by atoms with Crippen LogP contribution >= 0.6 is 0 Å². The molecule has 0 atom stereocenters. The van der Waals surface area contributed by atoms with Gasteiger partial charge in [-0.15, -0.1) is 0 Å². The number of hydrogen-bond donors (Lipinski definition) is 0. The standard InChI is InChI=1S/C18H18F6/c1-10-3-4-11(13(20)12(10)19)18(23,24)9-17-7-5-16(2,6-8-17)14(21)15(17)22/h3-4H,5-9H2,1-2H3. The van der Waals surface area contributed by atoms with Crippen molar-refractivity contribution in [2.24, 2.45) is 10.8 Å². The van der Waals surface area contributed by atoms with Gasteiger partial charge in [-0.3, -0.25) is 0 Å². The van der Waals surface area contributed by atoms with E-state index in [1.54, 1.807) is 6.92 Å². The van der Waals surface area contributed by atoms with Gasteiger partial charge in [0.15, 0.2) is 11.6 Å². The zero-order chi connectivity index (χ0) is 17.9. The molecule has 6 heteroatoms. The van der Waals surface area contributed by atoms with Crippen molar-refractivity contribution in [2.75, 3.05) is 0 Å². The molecule has 1 saturated carbocycles. The van der Waals surface area contributed by atoms with Crippen LogP contribution in [0.3, 0.4) is 0 Å². The van der Waals surface area contributed by atoms with Crippen molar-refractivity contribution in [1.29, 1.82) is 0 Å². The number of aryl methyl sites for hydroxylation is 1. The second kappa shape index (κ2) is 5.27. The average molecular weight is 348 g/mol. The summed E-state index contributed by atoms with van der Waals surface area (Å²) in [6.45, 7) is 2.85. The fourth-order valence-electron chi connectivity index (χ4n) is 3.92. The average Bonchev–Trinajstić information content (AvgIpc) is 2.51. The predicted molar refractivity (Wildman–Crippen MR) is 77.9 cm³/mol. The van der Waals surface area contributed by atoms with Gasteiger partial charge in [0.05, 0.1) is 5.56 Å². The lowest BCUT2D eigenvalue weighted by Crippen LogP contribution is -2.43. The van der Waals surface area contributed by atoms with Gasteiger partial charge in [0, 0.05) is 17.3 Å². The molecule has 0 nitrogen and oxygen atoms in total. The SMILES string of the molecule is Cc1ccc(C(F)(F)CC23CCC(C)(CC2)C(F)=C3F)c(F)c1F. The maximum Gasteiger partial charge on any atom is 0.277 e. The summed E-state index contributed by atoms with van der Waals surface area (Å²) in [4.78, 5) is 0. The van der Waals surface area contributed by atoms with E-state index in [0.29, 0.717) is 0 Å². The Labute approximate surface area is 136 Å². The number of rotatable bonds is 3. The van der Waals surface area contributed by atoms with Crippen molar-refractivity contribution >= 4 is 0 Å². The number of alkyl halides is 2. The topological polar surface area (TPSA) is 0 Å². The minimum Gasteiger partial charge on any atom is -0.208 e. The highest BCUT2D eigenvalue weighted by Gasteiger charge is 2.57. The van der Waals surface area contributed by atoms with Crippen LogP contribution in [-0.4, -0.2) is 0 Å². The smallest absolute Gasteiger partial charge is 0.208 e. The maximum absolute atomic E-state index is 14.6. The van der Waals surface area contributed by atoms with E-state index in [1.165, 1.54) is 6.92 Å². The molecule has 0 radical (unpaired) electrons. The first-order valence-corrected chi connectivity index (χ1v) is 7.92. The molecular weight excluding hydrogens is 330 g/mol. The monoisotopic (exact) mass is 348 g/mol. The number of halogens is 6. The summed E-state index contributed by atoms with van der Waals surface area (Å²) in [7, 11) is 0. The lowest BCUT2D eigenvalue weighted by atomic mass is 9.56. The van der Waals surface area contributed by atoms with Gasteiger partial charge in [-0.1, -0.05) is 13.0 Å². The third-order valence-corrected chi connectivity index (χ3v) is 5.73. The third-order valence-electron chi connectivity index (χ3n) is 5.73. The van der Waals surface area contributed by atoms with Crippen LogP contribution in [0.2, 0.25) is 0 Å². The van der Waals surface area contributed by atoms with Crippen molar-refractivity contribution in [3.05, 3.63) is 46.5 Å². The van der Waals surface area contributed by atoms with Crippen LogP contribution in [0.4, 0.5) is 26.3 Å². The largest absolute Gasteiger partial charge is 0.277 e. The van der Waals surface area contributed by atoms with Crippen molar-refractivity contribution in [3.8, 4) is 0 Å². The molecule has 1 fully saturated rings. The Morgan fingerprint density at radius 1 is 0.917 bits per heavy atom. The van der Waals surface area contributed by atoms with Gasteiger partial charge in [-0.05, 0) is 44.2 Å². The highest BCUT2D eigenvalue weighted by atomic mass is 19.3. The quantitative estimate of drug-likeness (QED) is 0.548. The molecule has 4 rings (SSSR count). The Bertz CT molecular complexity index is 710. The van der Waals surface area contributed by atoms with E-state index >= 15 is 0 Å². The van der Waals surface area contributed by atoms with Crippen molar-refractivity contribution in [2.45, 2.75) is 51.9 Å². The summed E-state index contributed by atoms with van der Waals surface area (Å²) >= 11 is 0. The number of fused-ring (bicyclic) bond motifs is 2. The Morgan fingerprint density at radius 3 is 2.08 bits per heavy atom. The first-order valence-electron chi connectivity index (χ1n) is 7.92. The zero-order valence-electron chi connectivity index (χ0n) is 13.5. The second-order valence-corrected chi connectivity index (χ2v) is 7.41. The van der Waals surface area contributed by atoms with Crippen LogP contribution in [0.5, 0.6) is 0 Å². The van der Waals surface area contributed by atoms with Crippen LogP contribution in [0.1, 0.15) is 50.2 Å². The van der Waals surface area contributed by atoms with Gasteiger partial charge in [-0.25, -0.2) is 26.3 Å². The van der Waals surface area contributed by atoms with Crippen LogP contribution in [-0.2, 0) is 5.92 Å². The maximum atomic E-state index is 14.6. The van der Waals surface area contributed by atoms with E-state index in [2.05, 4.69) is 0 Å². The molecule has 0 heterocycles. The zero-order valence-corrected chi connectivity index (χ0v) is 13.5. The molecule has 0 unspecified atom stereocenters. The first-order chi connectivity index (χ1) is 11.0. The molecule has 1 aromatic carbocycles. The van der Waals surface area contributed by atoms with E-state index in [-0.39, 0.29) is 31.2 Å². The van der Waals surface area contributed by atoms with E-state index in [4.69, 9.17) is 0 Å². The Hall–Kier alpha value is -1.46. The van der Waals surface area contributed by atoms with Gasteiger partial charge < -0.3 is 0 Å². The second-order valence-electron chi connectivity index (χ2n) is 7.41. The summed E-state index contributed by atoms with van der Waals surface area (Å²) in [5, 5.41) is 0. The molecule has 0 saturated heterocycles. The first kappa shape index (κ1) is 17.4. The Balaban J connectivity index is 2.00. The van der Waals surface area contributed by atoms with Crippen molar-refractivity contribution in [1.82, 2.24) is 0 Å². The molecule has 0 aliphatic heterocycles. The molecule has 0 aromatic heterocycles. The summed E-state index contributed by atoms with van der Waals surface area (Å²) < 4.78 is 85.5. The molecule has 1 aromatic rings. The van der Waals surface area contributed by atoms with Crippen LogP contribution < -0.4 is 0 Å². The Kier molecular flexibility index (Phi) is 3.81. The van der Waals surface area contributed by atoms with Gasteiger partial charge in [0.1, 0.15) is 11.7 Å². The van der Waals surface area contributed by atoms with E-state index < -0.39 is 52.0 Å². The van der Waals surface area contributed by atoms with Crippen LogP contribution in [0, 0.1) is 29.4 Å². The summed E-state index contributed by atoms with van der Waals surface area (Å²) in [6, 6.07) is 1.88. The molecule has 2 bridgehead atoms. The molecule has 3 aliphatic rings. The molecule has 3 aliphatic carbocycles. The molecular formula is C18H18F6. The number of benzene rings is 1. The molecule has 132 valence electrons. The lowest BCUT2D eigenvalue weighted by molar-refractivity contribution is -0.0782. The lowest BCUT2D eigenvalue weighted by Gasteiger charge is -2.50. The third kappa shape index (κ3) is 2.37. The van der Waals surface area contributed by atoms with E-state index in [9.17, 15) is 26.3 Å². The van der Waals surface area contributed by atoms with Crippen molar-refractivity contribution < 1.29 is 26.3 Å². The normalized spacial score (nSPS) is 30.2. The summed E-state index contributed by atoms with van der Waals surface area (Å²) in [5.41, 5.74) is -3.76. The number of hydrogen-bond acceptors (Lipinski definition) is 0. The van der Waals surface area contributed by atoms with Gasteiger partial charge in [-0.2, -0.15) is 0 Å². The highest BCUT2D eigenvalue weighted by Crippen LogP contribution is 2.64.